The lowest BCUT2D eigenvalue weighted by atomic mass is 9.98. The van der Waals surface area contributed by atoms with E-state index in [1.54, 1.807) is 6.20 Å². The number of halogens is 1. The van der Waals surface area contributed by atoms with Gasteiger partial charge in [0.25, 0.3) is 0 Å². The summed E-state index contributed by atoms with van der Waals surface area (Å²) in [5, 5.41) is 7.15. The Morgan fingerprint density at radius 2 is 2.17 bits per heavy atom. The van der Waals surface area contributed by atoms with Crippen molar-refractivity contribution < 1.29 is 0 Å². The van der Waals surface area contributed by atoms with E-state index < -0.39 is 0 Å². The number of hydrogen-bond donors (Lipinski definition) is 2. The van der Waals surface area contributed by atoms with E-state index in [1.165, 1.54) is 12.8 Å². The Balaban J connectivity index is 2.10. The third-order valence-electron chi connectivity index (χ3n) is 3.87. The van der Waals surface area contributed by atoms with Gasteiger partial charge in [0.05, 0.1) is 6.20 Å². The number of nitrogens with zero attached hydrogens (tertiary/aromatic N) is 2. The van der Waals surface area contributed by atoms with Gasteiger partial charge in [0.15, 0.2) is 5.82 Å². The summed E-state index contributed by atoms with van der Waals surface area (Å²) >= 11 is 6.14. The van der Waals surface area contributed by atoms with Crippen LogP contribution in [-0.2, 0) is 0 Å². The second-order valence-corrected chi connectivity index (χ2v) is 5.49. The molecule has 1 aromatic rings. The molecule has 3 unspecified atom stereocenters. The molecule has 1 aromatic heterocycles. The molecule has 0 saturated heterocycles. The molecule has 18 heavy (non-hydrogen) atoms. The maximum Gasteiger partial charge on any atom is 0.224 e. The third kappa shape index (κ3) is 2.86. The van der Waals surface area contributed by atoms with Gasteiger partial charge in [-0.1, -0.05) is 25.4 Å². The van der Waals surface area contributed by atoms with Gasteiger partial charge in [-0.3, -0.25) is 0 Å². The standard InChI is InChI=1S/C13H21ClN4/c1-4-15-13-16-7-10(14)12(18-13)17-11-6-5-8(2)9(11)3/h7-9,11H,4-6H2,1-3H3,(H2,15,16,17,18). The summed E-state index contributed by atoms with van der Waals surface area (Å²) in [7, 11) is 0. The Morgan fingerprint density at radius 3 is 2.78 bits per heavy atom. The number of nitrogens with one attached hydrogen (secondary N) is 2. The van der Waals surface area contributed by atoms with Crippen LogP contribution in [0.4, 0.5) is 11.8 Å². The summed E-state index contributed by atoms with van der Waals surface area (Å²) in [6.07, 6.45) is 4.10. The van der Waals surface area contributed by atoms with Crippen LogP contribution in [0, 0.1) is 11.8 Å². The van der Waals surface area contributed by atoms with Crippen molar-refractivity contribution in [2.75, 3.05) is 17.2 Å². The molecule has 1 aliphatic carbocycles. The molecular weight excluding hydrogens is 248 g/mol. The molecule has 1 aliphatic rings. The highest BCUT2D eigenvalue weighted by Crippen LogP contribution is 2.34. The zero-order chi connectivity index (χ0) is 13.1. The fourth-order valence-electron chi connectivity index (χ4n) is 2.46. The minimum absolute atomic E-state index is 0.460. The summed E-state index contributed by atoms with van der Waals surface area (Å²) in [6.45, 7) is 7.41. The summed E-state index contributed by atoms with van der Waals surface area (Å²) in [6, 6.07) is 0.460. The molecule has 0 aromatic carbocycles. The summed E-state index contributed by atoms with van der Waals surface area (Å²) in [5.41, 5.74) is 0. The fourth-order valence-corrected chi connectivity index (χ4v) is 2.60. The molecule has 0 aliphatic heterocycles. The van der Waals surface area contributed by atoms with Crippen LogP contribution in [-0.4, -0.2) is 22.6 Å². The van der Waals surface area contributed by atoms with Crippen LogP contribution in [0.1, 0.15) is 33.6 Å². The highest BCUT2D eigenvalue weighted by Gasteiger charge is 2.30. The van der Waals surface area contributed by atoms with Crippen LogP contribution in [0.5, 0.6) is 0 Å². The molecule has 4 nitrogen and oxygen atoms in total. The normalized spacial score (nSPS) is 27.2. The first kappa shape index (κ1) is 13.4. The van der Waals surface area contributed by atoms with Gasteiger partial charge in [-0.25, -0.2) is 4.98 Å². The number of hydrogen-bond acceptors (Lipinski definition) is 4. The smallest absolute Gasteiger partial charge is 0.224 e. The molecule has 2 N–H and O–H groups in total. The van der Waals surface area contributed by atoms with Gasteiger partial charge in [-0.05, 0) is 31.6 Å². The van der Waals surface area contributed by atoms with E-state index in [9.17, 15) is 0 Å². The van der Waals surface area contributed by atoms with Gasteiger partial charge >= 0.3 is 0 Å². The first-order valence-electron chi connectivity index (χ1n) is 6.64. The molecule has 1 saturated carbocycles. The second kappa shape index (κ2) is 5.74. The predicted molar refractivity (Wildman–Crippen MR) is 76.2 cm³/mol. The monoisotopic (exact) mass is 268 g/mol. The van der Waals surface area contributed by atoms with E-state index in [-0.39, 0.29) is 0 Å². The average molecular weight is 269 g/mol. The highest BCUT2D eigenvalue weighted by molar-refractivity contribution is 6.32. The molecule has 0 spiro atoms. The third-order valence-corrected chi connectivity index (χ3v) is 4.14. The molecule has 3 atom stereocenters. The van der Waals surface area contributed by atoms with Gasteiger partial charge in [0.2, 0.25) is 5.95 Å². The average Bonchev–Trinajstić information content (AvgIpc) is 2.66. The van der Waals surface area contributed by atoms with E-state index in [0.29, 0.717) is 22.9 Å². The first-order valence-corrected chi connectivity index (χ1v) is 7.02. The maximum absolute atomic E-state index is 6.14. The molecule has 1 fully saturated rings. The van der Waals surface area contributed by atoms with Crippen LogP contribution in [0.25, 0.3) is 0 Å². The molecule has 0 amide bonds. The zero-order valence-corrected chi connectivity index (χ0v) is 12.0. The Labute approximate surface area is 114 Å². The van der Waals surface area contributed by atoms with Crippen molar-refractivity contribution in [3.05, 3.63) is 11.2 Å². The van der Waals surface area contributed by atoms with Crippen molar-refractivity contribution in [1.29, 1.82) is 0 Å². The summed E-state index contributed by atoms with van der Waals surface area (Å²) in [5.74, 6) is 2.78. The Morgan fingerprint density at radius 1 is 1.39 bits per heavy atom. The van der Waals surface area contributed by atoms with E-state index in [4.69, 9.17) is 11.6 Å². The lowest BCUT2D eigenvalue weighted by molar-refractivity contribution is 0.435. The summed E-state index contributed by atoms with van der Waals surface area (Å²) in [4.78, 5) is 8.56. The Kier molecular flexibility index (Phi) is 4.27. The Hall–Kier alpha value is -1.03. The van der Waals surface area contributed by atoms with E-state index in [1.807, 2.05) is 6.92 Å². The topological polar surface area (TPSA) is 49.8 Å². The lowest BCUT2D eigenvalue weighted by Crippen LogP contribution is -2.25. The molecule has 0 radical (unpaired) electrons. The van der Waals surface area contributed by atoms with Crippen molar-refractivity contribution in [2.45, 2.75) is 39.7 Å². The van der Waals surface area contributed by atoms with Crippen LogP contribution in [0.15, 0.2) is 6.20 Å². The molecule has 2 rings (SSSR count). The number of aromatic nitrogens is 2. The van der Waals surface area contributed by atoms with E-state index in [0.717, 1.165) is 18.3 Å². The fraction of sp³-hybridized carbons (Fsp3) is 0.692. The van der Waals surface area contributed by atoms with Crippen molar-refractivity contribution in [3.8, 4) is 0 Å². The van der Waals surface area contributed by atoms with Crippen LogP contribution in [0.3, 0.4) is 0 Å². The van der Waals surface area contributed by atoms with Gasteiger partial charge in [0.1, 0.15) is 5.02 Å². The first-order chi connectivity index (χ1) is 8.61. The molecule has 0 bridgehead atoms. The minimum atomic E-state index is 0.460. The van der Waals surface area contributed by atoms with Gasteiger partial charge in [-0.2, -0.15) is 4.98 Å². The lowest BCUT2D eigenvalue weighted by Gasteiger charge is -2.21. The second-order valence-electron chi connectivity index (χ2n) is 5.09. The van der Waals surface area contributed by atoms with Crippen LogP contribution >= 0.6 is 11.6 Å². The zero-order valence-electron chi connectivity index (χ0n) is 11.2. The van der Waals surface area contributed by atoms with Crippen molar-refractivity contribution in [2.24, 2.45) is 11.8 Å². The van der Waals surface area contributed by atoms with E-state index >= 15 is 0 Å². The highest BCUT2D eigenvalue weighted by atomic mass is 35.5. The number of anilines is 2. The molecular formula is C13H21ClN4. The maximum atomic E-state index is 6.14. The largest absolute Gasteiger partial charge is 0.366 e. The summed E-state index contributed by atoms with van der Waals surface area (Å²) < 4.78 is 0. The van der Waals surface area contributed by atoms with Gasteiger partial charge in [-0.15, -0.1) is 0 Å². The molecule has 5 heteroatoms. The minimum Gasteiger partial charge on any atom is -0.366 e. The quantitative estimate of drug-likeness (QED) is 0.879. The van der Waals surface area contributed by atoms with Crippen molar-refractivity contribution in [1.82, 2.24) is 9.97 Å². The Bertz CT molecular complexity index is 410. The predicted octanol–water partition coefficient (Wildman–Crippen LogP) is 3.41. The molecule has 1 heterocycles. The van der Waals surface area contributed by atoms with Crippen molar-refractivity contribution in [3.63, 3.8) is 0 Å². The van der Waals surface area contributed by atoms with Crippen LogP contribution in [0.2, 0.25) is 5.02 Å². The van der Waals surface area contributed by atoms with Crippen molar-refractivity contribution >= 4 is 23.4 Å². The number of rotatable bonds is 4. The van der Waals surface area contributed by atoms with E-state index in [2.05, 4.69) is 34.4 Å². The SMILES string of the molecule is CCNc1ncc(Cl)c(NC2CCC(C)C2C)n1. The molecule has 100 valence electrons. The van der Waals surface area contributed by atoms with Crippen LogP contribution < -0.4 is 10.6 Å². The van der Waals surface area contributed by atoms with Gasteiger partial charge in [0, 0.05) is 12.6 Å². The van der Waals surface area contributed by atoms with Gasteiger partial charge < -0.3 is 10.6 Å².